The van der Waals surface area contributed by atoms with E-state index in [-0.39, 0.29) is 17.9 Å². The lowest BCUT2D eigenvalue weighted by molar-refractivity contribution is -0.119. The molecule has 0 spiro atoms. The molecule has 2 bridgehead atoms. The first-order valence-corrected chi connectivity index (χ1v) is 8.24. The Kier molecular flexibility index (Phi) is 4.92. The van der Waals surface area contributed by atoms with Crippen LogP contribution in [0, 0.1) is 5.92 Å². The summed E-state index contributed by atoms with van der Waals surface area (Å²) in [6, 6.07) is 3.36. The molecule has 0 unspecified atom stereocenters. The molecule has 130 valence electrons. The van der Waals surface area contributed by atoms with Crippen molar-refractivity contribution in [2.45, 2.75) is 32.2 Å². The summed E-state index contributed by atoms with van der Waals surface area (Å²) in [7, 11) is 0. The monoisotopic (exact) mass is 340 g/mol. The highest BCUT2D eigenvalue weighted by atomic mass is 16.4. The Bertz CT molecular complexity index is 793. The third-order valence-corrected chi connectivity index (χ3v) is 4.43. The molecule has 2 aromatic rings. The summed E-state index contributed by atoms with van der Waals surface area (Å²) in [5, 5.41) is 14.6. The standard InChI is InChI=1S/C18H20N4O3/c1-11-3-2-4-15(22-18(24)25)13-7-12(8-20-9-13)14-5-6-19-10-16(14)21-17(11)23/h5-11,15,22H,2-4H2,1H3,(H,21,23)(H,24,25)/t11-,15+/m1/s1. The maximum Gasteiger partial charge on any atom is 0.405 e. The van der Waals surface area contributed by atoms with Crippen molar-refractivity contribution in [3.63, 3.8) is 0 Å². The quantitative estimate of drug-likeness (QED) is 0.739. The molecule has 3 N–H and O–H groups in total. The van der Waals surface area contributed by atoms with E-state index in [1.165, 1.54) is 0 Å². The number of anilines is 1. The van der Waals surface area contributed by atoms with E-state index >= 15 is 0 Å². The van der Waals surface area contributed by atoms with Gasteiger partial charge in [0.2, 0.25) is 5.91 Å². The maximum absolute atomic E-state index is 12.4. The fraction of sp³-hybridized carbons (Fsp3) is 0.333. The maximum atomic E-state index is 12.4. The van der Waals surface area contributed by atoms with Gasteiger partial charge in [-0.1, -0.05) is 13.3 Å². The third kappa shape index (κ3) is 3.93. The minimum Gasteiger partial charge on any atom is -0.465 e. The topological polar surface area (TPSA) is 104 Å². The highest BCUT2D eigenvalue weighted by Gasteiger charge is 2.20. The van der Waals surface area contributed by atoms with E-state index in [1.807, 2.05) is 19.1 Å². The van der Waals surface area contributed by atoms with E-state index < -0.39 is 6.09 Å². The fourth-order valence-corrected chi connectivity index (χ4v) is 3.03. The lowest BCUT2D eigenvalue weighted by atomic mass is 9.95. The van der Waals surface area contributed by atoms with Crippen molar-refractivity contribution in [3.8, 4) is 11.1 Å². The molecule has 25 heavy (non-hydrogen) atoms. The number of aromatic nitrogens is 2. The zero-order valence-electron chi connectivity index (χ0n) is 13.9. The second-order valence-electron chi connectivity index (χ2n) is 6.25. The molecular weight excluding hydrogens is 320 g/mol. The predicted octanol–water partition coefficient (Wildman–Crippen LogP) is 3.21. The van der Waals surface area contributed by atoms with E-state index in [0.717, 1.165) is 23.1 Å². The number of hydrogen-bond acceptors (Lipinski definition) is 4. The highest BCUT2D eigenvalue weighted by Crippen LogP contribution is 2.31. The largest absolute Gasteiger partial charge is 0.465 e. The minimum absolute atomic E-state index is 0.0679. The average molecular weight is 340 g/mol. The lowest BCUT2D eigenvalue weighted by Crippen LogP contribution is -2.27. The number of nitrogens with zero attached hydrogens (tertiary/aromatic N) is 2. The number of amides is 2. The van der Waals surface area contributed by atoms with Gasteiger partial charge in [-0.15, -0.1) is 0 Å². The highest BCUT2D eigenvalue weighted by molar-refractivity contribution is 5.96. The molecule has 2 amide bonds. The molecule has 0 radical (unpaired) electrons. The molecule has 0 saturated heterocycles. The van der Waals surface area contributed by atoms with Crippen molar-refractivity contribution < 1.29 is 14.7 Å². The van der Waals surface area contributed by atoms with E-state index in [9.17, 15) is 9.59 Å². The number of nitrogens with one attached hydrogen (secondary N) is 2. The van der Waals surface area contributed by atoms with E-state index in [4.69, 9.17) is 5.11 Å². The van der Waals surface area contributed by atoms with Crippen LogP contribution in [0.4, 0.5) is 10.5 Å². The summed E-state index contributed by atoms with van der Waals surface area (Å²) in [6.45, 7) is 1.87. The molecule has 3 heterocycles. The zero-order chi connectivity index (χ0) is 17.8. The van der Waals surface area contributed by atoms with Crippen molar-refractivity contribution in [1.29, 1.82) is 0 Å². The van der Waals surface area contributed by atoms with Crippen molar-refractivity contribution in [2.24, 2.45) is 5.92 Å². The third-order valence-electron chi connectivity index (χ3n) is 4.43. The summed E-state index contributed by atoms with van der Waals surface area (Å²) in [6.07, 6.45) is 7.58. The number of fused-ring (bicyclic) bond motifs is 4. The van der Waals surface area contributed by atoms with Crippen molar-refractivity contribution in [3.05, 3.63) is 42.5 Å². The van der Waals surface area contributed by atoms with Crippen LogP contribution < -0.4 is 10.6 Å². The number of pyridine rings is 2. The normalized spacial score (nSPS) is 20.4. The molecular formula is C18H20N4O3. The van der Waals surface area contributed by atoms with Gasteiger partial charge in [-0.25, -0.2) is 4.79 Å². The van der Waals surface area contributed by atoms with Crippen LogP contribution in [0.5, 0.6) is 0 Å². The Morgan fingerprint density at radius 1 is 1.28 bits per heavy atom. The molecule has 0 aliphatic carbocycles. The van der Waals surface area contributed by atoms with Crippen molar-refractivity contribution in [2.75, 3.05) is 5.32 Å². The van der Waals surface area contributed by atoms with E-state index in [2.05, 4.69) is 20.6 Å². The summed E-state index contributed by atoms with van der Waals surface area (Å²) < 4.78 is 0. The smallest absolute Gasteiger partial charge is 0.405 e. The molecule has 3 rings (SSSR count). The second kappa shape index (κ2) is 7.29. The van der Waals surface area contributed by atoms with Gasteiger partial charge in [-0.3, -0.25) is 14.8 Å². The van der Waals surface area contributed by atoms with Crippen LogP contribution in [0.3, 0.4) is 0 Å². The number of rotatable bonds is 1. The van der Waals surface area contributed by atoms with Gasteiger partial charge < -0.3 is 15.7 Å². The van der Waals surface area contributed by atoms with Crippen LogP contribution in [0.1, 0.15) is 37.8 Å². The minimum atomic E-state index is -1.07. The van der Waals surface area contributed by atoms with Gasteiger partial charge >= 0.3 is 6.09 Å². The van der Waals surface area contributed by atoms with E-state index in [1.54, 1.807) is 24.8 Å². The van der Waals surface area contributed by atoms with Crippen LogP contribution in [-0.4, -0.2) is 27.1 Å². The number of carboxylic acid groups (broad SMARTS) is 1. The molecule has 1 aliphatic heterocycles. The molecule has 2 aromatic heterocycles. The van der Waals surface area contributed by atoms with E-state index in [0.29, 0.717) is 18.5 Å². The first kappa shape index (κ1) is 16.9. The summed E-state index contributed by atoms with van der Waals surface area (Å²) in [5.74, 6) is -0.240. The predicted molar refractivity (Wildman–Crippen MR) is 93.0 cm³/mol. The Morgan fingerprint density at radius 3 is 2.92 bits per heavy atom. The molecule has 1 aliphatic rings. The van der Waals surface area contributed by atoms with Gasteiger partial charge in [0.05, 0.1) is 17.9 Å². The van der Waals surface area contributed by atoms with Crippen molar-refractivity contribution in [1.82, 2.24) is 15.3 Å². The molecule has 0 aromatic carbocycles. The van der Waals surface area contributed by atoms with Crippen LogP contribution in [0.2, 0.25) is 0 Å². The van der Waals surface area contributed by atoms with Gasteiger partial charge in [0.25, 0.3) is 0 Å². The van der Waals surface area contributed by atoms with Crippen LogP contribution in [-0.2, 0) is 4.79 Å². The summed E-state index contributed by atoms with van der Waals surface area (Å²) in [4.78, 5) is 31.9. The number of carbonyl (C=O) groups excluding carboxylic acids is 1. The second-order valence-corrected chi connectivity index (χ2v) is 6.25. The Morgan fingerprint density at radius 2 is 2.12 bits per heavy atom. The Labute approximate surface area is 145 Å². The van der Waals surface area contributed by atoms with Crippen LogP contribution >= 0.6 is 0 Å². The SMILES string of the molecule is C[C@@H]1CCC[C@H](NC(=O)O)c2cncc(c2)-c2ccncc2NC1=O. The molecule has 7 nitrogen and oxygen atoms in total. The Hall–Kier alpha value is -2.96. The first-order chi connectivity index (χ1) is 12.0. The van der Waals surface area contributed by atoms with Gasteiger partial charge in [0.15, 0.2) is 0 Å². The fourth-order valence-electron chi connectivity index (χ4n) is 3.03. The first-order valence-electron chi connectivity index (χ1n) is 8.24. The molecule has 0 saturated carbocycles. The lowest BCUT2D eigenvalue weighted by Gasteiger charge is -2.21. The number of hydrogen-bond donors (Lipinski definition) is 3. The summed E-state index contributed by atoms with van der Waals surface area (Å²) >= 11 is 0. The van der Waals surface area contributed by atoms with Gasteiger partial charge in [0, 0.05) is 35.6 Å². The number of carbonyl (C=O) groups is 2. The molecule has 7 heteroatoms. The van der Waals surface area contributed by atoms with Crippen LogP contribution in [0.25, 0.3) is 11.1 Å². The molecule has 0 fully saturated rings. The van der Waals surface area contributed by atoms with Crippen LogP contribution in [0.15, 0.2) is 36.9 Å². The summed E-state index contributed by atoms with van der Waals surface area (Å²) in [5.41, 5.74) is 3.05. The van der Waals surface area contributed by atoms with Gasteiger partial charge in [0.1, 0.15) is 0 Å². The van der Waals surface area contributed by atoms with Gasteiger partial charge in [-0.2, -0.15) is 0 Å². The van der Waals surface area contributed by atoms with Crippen molar-refractivity contribution >= 4 is 17.7 Å². The average Bonchev–Trinajstić information content (AvgIpc) is 2.60. The molecule has 2 atom stereocenters. The zero-order valence-corrected chi connectivity index (χ0v) is 13.9. The van der Waals surface area contributed by atoms with Gasteiger partial charge in [-0.05, 0) is 30.5 Å². The Balaban J connectivity index is 2.07.